The predicted octanol–water partition coefficient (Wildman–Crippen LogP) is 2.60. The molecule has 0 bridgehead atoms. The van der Waals surface area contributed by atoms with Crippen LogP contribution in [0.25, 0.3) is 11.3 Å². The SMILES string of the molecule is Cc1ccc(-c2cncn2CC(N)C2CC2)cc1. The predicted molar refractivity (Wildman–Crippen MR) is 73.1 cm³/mol. The van der Waals surface area contributed by atoms with Crippen molar-refractivity contribution in [2.45, 2.75) is 32.4 Å². The highest BCUT2D eigenvalue weighted by Crippen LogP contribution is 2.32. The van der Waals surface area contributed by atoms with Gasteiger partial charge in [0.25, 0.3) is 0 Å². The van der Waals surface area contributed by atoms with Gasteiger partial charge < -0.3 is 10.3 Å². The van der Waals surface area contributed by atoms with Crippen molar-refractivity contribution in [3.63, 3.8) is 0 Å². The maximum absolute atomic E-state index is 6.19. The van der Waals surface area contributed by atoms with E-state index < -0.39 is 0 Å². The first-order valence-corrected chi connectivity index (χ1v) is 6.57. The third kappa shape index (κ3) is 2.31. The number of benzene rings is 1. The lowest BCUT2D eigenvalue weighted by Crippen LogP contribution is -2.28. The van der Waals surface area contributed by atoms with Crippen molar-refractivity contribution in [1.82, 2.24) is 9.55 Å². The molecular formula is C15H19N3. The standard InChI is InChI=1S/C15H19N3/c1-11-2-4-13(5-3-11)15-8-17-10-18(15)9-14(16)12-6-7-12/h2-5,8,10,12,14H,6-7,9,16H2,1H3. The summed E-state index contributed by atoms with van der Waals surface area (Å²) in [5.74, 6) is 0.721. The highest BCUT2D eigenvalue weighted by molar-refractivity contribution is 5.59. The lowest BCUT2D eigenvalue weighted by atomic mass is 10.1. The fraction of sp³-hybridized carbons (Fsp3) is 0.400. The van der Waals surface area contributed by atoms with Crippen LogP contribution in [-0.4, -0.2) is 15.6 Å². The Labute approximate surface area is 108 Å². The highest BCUT2D eigenvalue weighted by Gasteiger charge is 2.28. The molecule has 3 rings (SSSR count). The van der Waals surface area contributed by atoms with Crippen LogP contribution in [0.4, 0.5) is 0 Å². The zero-order valence-corrected chi connectivity index (χ0v) is 10.7. The Hall–Kier alpha value is -1.61. The average molecular weight is 241 g/mol. The average Bonchev–Trinajstić information content (AvgIpc) is 3.12. The molecule has 1 aliphatic rings. The van der Waals surface area contributed by atoms with Gasteiger partial charge in [-0.3, -0.25) is 0 Å². The quantitative estimate of drug-likeness (QED) is 0.894. The second-order valence-electron chi connectivity index (χ2n) is 5.30. The summed E-state index contributed by atoms with van der Waals surface area (Å²) >= 11 is 0. The third-order valence-electron chi connectivity index (χ3n) is 3.69. The van der Waals surface area contributed by atoms with Crippen molar-refractivity contribution in [2.24, 2.45) is 11.7 Å². The summed E-state index contributed by atoms with van der Waals surface area (Å²) in [6.45, 7) is 2.97. The van der Waals surface area contributed by atoms with E-state index in [1.54, 1.807) is 0 Å². The molecular weight excluding hydrogens is 222 g/mol. The summed E-state index contributed by atoms with van der Waals surface area (Å²) in [5, 5.41) is 0. The van der Waals surface area contributed by atoms with E-state index in [1.807, 2.05) is 12.5 Å². The van der Waals surface area contributed by atoms with Gasteiger partial charge in [-0.1, -0.05) is 29.8 Å². The minimum absolute atomic E-state index is 0.267. The molecule has 0 aliphatic heterocycles. The number of hydrogen-bond acceptors (Lipinski definition) is 2. The minimum Gasteiger partial charge on any atom is -0.329 e. The molecule has 0 amide bonds. The summed E-state index contributed by atoms with van der Waals surface area (Å²) in [6.07, 6.45) is 6.38. The second-order valence-corrected chi connectivity index (χ2v) is 5.30. The first kappa shape index (κ1) is 11.5. The van der Waals surface area contributed by atoms with Gasteiger partial charge in [-0.15, -0.1) is 0 Å². The maximum atomic E-state index is 6.19. The van der Waals surface area contributed by atoms with Crippen molar-refractivity contribution in [2.75, 3.05) is 0 Å². The Morgan fingerprint density at radius 3 is 2.72 bits per heavy atom. The molecule has 1 aromatic carbocycles. The van der Waals surface area contributed by atoms with E-state index in [2.05, 4.69) is 40.7 Å². The topological polar surface area (TPSA) is 43.8 Å². The van der Waals surface area contributed by atoms with Crippen LogP contribution in [0.15, 0.2) is 36.8 Å². The Bertz CT molecular complexity index is 523. The number of aromatic nitrogens is 2. The molecule has 2 aromatic rings. The van der Waals surface area contributed by atoms with Gasteiger partial charge in [0.05, 0.1) is 18.2 Å². The van der Waals surface area contributed by atoms with E-state index in [1.165, 1.54) is 24.0 Å². The van der Waals surface area contributed by atoms with Gasteiger partial charge in [0.1, 0.15) is 0 Å². The van der Waals surface area contributed by atoms with Crippen molar-refractivity contribution in [3.8, 4) is 11.3 Å². The lowest BCUT2D eigenvalue weighted by molar-refractivity contribution is 0.505. The summed E-state index contributed by atoms with van der Waals surface area (Å²) in [6, 6.07) is 8.82. The minimum atomic E-state index is 0.267. The molecule has 0 saturated heterocycles. The van der Waals surface area contributed by atoms with Crippen molar-refractivity contribution >= 4 is 0 Å². The molecule has 3 nitrogen and oxygen atoms in total. The van der Waals surface area contributed by atoms with E-state index in [0.717, 1.165) is 18.2 Å². The first-order valence-electron chi connectivity index (χ1n) is 6.57. The monoisotopic (exact) mass is 241 g/mol. The zero-order chi connectivity index (χ0) is 12.5. The Balaban J connectivity index is 1.83. The highest BCUT2D eigenvalue weighted by atomic mass is 15.1. The smallest absolute Gasteiger partial charge is 0.0951 e. The summed E-state index contributed by atoms with van der Waals surface area (Å²) < 4.78 is 2.17. The summed E-state index contributed by atoms with van der Waals surface area (Å²) in [5.41, 5.74) is 9.84. The van der Waals surface area contributed by atoms with E-state index in [9.17, 15) is 0 Å². The molecule has 1 fully saturated rings. The first-order chi connectivity index (χ1) is 8.74. The molecule has 0 spiro atoms. The number of aryl methyl sites for hydroxylation is 1. The molecule has 2 N–H and O–H groups in total. The normalized spacial score (nSPS) is 16.8. The molecule has 1 saturated carbocycles. The zero-order valence-electron chi connectivity index (χ0n) is 10.7. The van der Waals surface area contributed by atoms with Crippen LogP contribution < -0.4 is 5.73 Å². The van der Waals surface area contributed by atoms with Crippen LogP contribution in [0, 0.1) is 12.8 Å². The van der Waals surface area contributed by atoms with Crippen LogP contribution in [0.2, 0.25) is 0 Å². The lowest BCUT2D eigenvalue weighted by Gasteiger charge is -2.14. The van der Waals surface area contributed by atoms with Gasteiger partial charge in [-0.25, -0.2) is 4.98 Å². The Morgan fingerprint density at radius 1 is 1.33 bits per heavy atom. The van der Waals surface area contributed by atoms with Crippen LogP contribution in [0.5, 0.6) is 0 Å². The number of nitrogens with zero attached hydrogens (tertiary/aromatic N) is 2. The van der Waals surface area contributed by atoms with Crippen LogP contribution >= 0.6 is 0 Å². The molecule has 94 valence electrons. The van der Waals surface area contributed by atoms with Crippen LogP contribution in [0.3, 0.4) is 0 Å². The van der Waals surface area contributed by atoms with Gasteiger partial charge >= 0.3 is 0 Å². The molecule has 1 atom stereocenters. The van der Waals surface area contributed by atoms with E-state index in [0.29, 0.717) is 0 Å². The Morgan fingerprint density at radius 2 is 2.06 bits per heavy atom. The third-order valence-corrected chi connectivity index (χ3v) is 3.69. The molecule has 0 radical (unpaired) electrons. The maximum Gasteiger partial charge on any atom is 0.0951 e. The van der Waals surface area contributed by atoms with Crippen molar-refractivity contribution in [3.05, 3.63) is 42.4 Å². The van der Waals surface area contributed by atoms with Gasteiger partial charge in [0, 0.05) is 12.6 Å². The fourth-order valence-corrected chi connectivity index (χ4v) is 2.33. The van der Waals surface area contributed by atoms with E-state index in [-0.39, 0.29) is 6.04 Å². The van der Waals surface area contributed by atoms with Gasteiger partial charge in [-0.05, 0) is 31.2 Å². The number of hydrogen-bond donors (Lipinski definition) is 1. The summed E-state index contributed by atoms with van der Waals surface area (Å²) in [7, 11) is 0. The Kier molecular flexibility index (Phi) is 2.92. The van der Waals surface area contributed by atoms with Gasteiger partial charge in [-0.2, -0.15) is 0 Å². The van der Waals surface area contributed by atoms with Crippen LogP contribution in [0.1, 0.15) is 18.4 Å². The molecule has 1 heterocycles. The fourth-order valence-electron chi connectivity index (χ4n) is 2.33. The second kappa shape index (κ2) is 4.58. The van der Waals surface area contributed by atoms with E-state index >= 15 is 0 Å². The molecule has 1 aromatic heterocycles. The number of imidazole rings is 1. The van der Waals surface area contributed by atoms with E-state index in [4.69, 9.17) is 5.73 Å². The van der Waals surface area contributed by atoms with Gasteiger partial charge in [0.2, 0.25) is 0 Å². The van der Waals surface area contributed by atoms with Crippen molar-refractivity contribution in [1.29, 1.82) is 0 Å². The molecule has 3 heteroatoms. The molecule has 1 unspecified atom stereocenters. The van der Waals surface area contributed by atoms with Crippen LogP contribution in [-0.2, 0) is 6.54 Å². The molecule has 1 aliphatic carbocycles. The van der Waals surface area contributed by atoms with Gasteiger partial charge in [0.15, 0.2) is 0 Å². The molecule has 18 heavy (non-hydrogen) atoms. The number of rotatable bonds is 4. The largest absolute Gasteiger partial charge is 0.329 e. The summed E-state index contributed by atoms with van der Waals surface area (Å²) in [4.78, 5) is 4.26. The number of nitrogens with two attached hydrogens (primary N) is 1. The van der Waals surface area contributed by atoms with Crippen molar-refractivity contribution < 1.29 is 0 Å².